The smallest absolute Gasteiger partial charge is 0.168 e. The molecule has 1 aromatic carbocycles. The number of benzene rings is 1. The number of nitrogens with zero attached hydrogens (tertiary/aromatic N) is 4. The van der Waals surface area contributed by atoms with Gasteiger partial charge in [0.15, 0.2) is 11.6 Å². The largest absolute Gasteiger partial charge is 0.496 e. The van der Waals surface area contributed by atoms with E-state index in [1.165, 1.54) is 6.33 Å². The second-order valence-electron chi connectivity index (χ2n) is 4.03. The van der Waals surface area contributed by atoms with Crippen LogP contribution in [0, 0.1) is 0 Å². The first-order valence-electron chi connectivity index (χ1n) is 5.95. The van der Waals surface area contributed by atoms with Gasteiger partial charge >= 0.3 is 0 Å². The highest BCUT2D eigenvalue weighted by molar-refractivity contribution is 9.10. The van der Waals surface area contributed by atoms with Gasteiger partial charge in [0, 0.05) is 10.7 Å². The Morgan fingerprint density at radius 2 is 1.95 bits per heavy atom. The van der Waals surface area contributed by atoms with E-state index in [4.69, 9.17) is 4.74 Å². The quantitative estimate of drug-likeness (QED) is 0.740. The van der Waals surface area contributed by atoms with Crippen molar-refractivity contribution in [2.75, 3.05) is 7.11 Å². The summed E-state index contributed by atoms with van der Waals surface area (Å²) in [5.41, 5.74) is 0.872. The molecule has 0 bridgehead atoms. The van der Waals surface area contributed by atoms with Crippen molar-refractivity contribution in [2.45, 2.75) is 0 Å². The molecule has 0 amide bonds. The first kappa shape index (κ1) is 12.8. The predicted molar refractivity (Wildman–Crippen MR) is 78.8 cm³/mol. The van der Waals surface area contributed by atoms with Crippen LogP contribution in [-0.2, 0) is 0 Å². The third-order valence-corrected chi connectivity index (χ3v) is 3.29. The van der Waals surface area contributed by atoms with Crippen LogP contribution in [0.2, 0.25) is 0 Å². The highest BCUT2D eigenvalue weighted by Gasteiger charge is 2.13. The maximum Gasteiger partial charge on any atom is 0.168 e. The zero-order chi connectivity index (χ0) is 13.9. The Hall–Kier alpha value is -2.21. The number of pyridine rings is 1. The van der Waals surface area contributed by atoms with Gasteiger partial charge in [0.25, 0.3) is 0 Å². The van der Waals surface area contributed by atoms with Crippen LogP contribution in [-0.4, -0.2) is 26.9 Å². The molecule has 6 heteroatoms. The summed E-state index contributed by atoms with van der Waals surface area (Å²) in [6, 6.07) is 11.5. The van der Waals surface area contributed by atoms with E-state index in [2.05, 4.69) is 31.0 Å². The molecule has 100 valence electrons. The molecule has 3 aromatic rings. The number of rotatable bonds is 3. The van der Waals surface area contributed by atoms with E-state index in [1.54, 1.807) is 18.0 Å². The van der Waals surface area contributed by atoms with Gasteiger partial charge in [0.2, 0.25) is 0 Å². The Morgan fingerprint density at radius 1 is 1.10 bits per heavy atom. The van der Waals surface area contributed by atoms with E-state index in [0.717, 1.165) is 15.8 Å². The SMILES string of the molecule is COc1ccccc1-c1ncnn1-c1ccc(Br)cn1. The standard InChI is InChI=1S/C14H11BrN4O/c1-20-12-5-3-2-4-11(12)14-17-9-18-19(14)13-7-6-10(15)8-16-13/h2-9H,1H3. The van der Waals surface area contributed by atoms with Crippen LogP contribution in [0.15, 0.2) is 53.4 Å². The number of halogens is 1. The van der Waals surface area contributed by atoms with E-state index in [9.17, 15) is 0 Å². The molecular formula is C14H11BrN4O. The summed E-state index contributed by atoms with van der Waals surface area (Å²) in [5, 5.41) is 4.24. The van der Waals surface area contributed by atoms with Crippen LogP contribution in [0.5, 0.6) is 5.75 Å². The minimum atomic E-state index is 0.692. The zero-order valence-electron chi connectivity index (χ0n) is 10.7. The van der Waals surface area contributed by atoms with E-state index >= 15 is 0 Å². The van der Waals surface area contributed by atoms with Gasteiger partial charge in [-0.1, -0.05) is 12.1 Å². The molecule has 5 nitrogen and oxygen atoms in total. The van der Waals surface area contributed by atoms with Crippen molar-refractivity contribution in [3.05, 3.63) is 53.4 Å². The van der Waals surface area contributed by atoms with Crippen molar-refractivity contribution in [1.82, 2.24) is 19.7 Å². The lowest BCUT2D eigenvalue weighted by atomic mass is 10.2. The fourth-order valence-electron chi connectivity index (χ4n) is 1.92. The molecule has 0 N–H and O–H groups in total. The number of ether oxygens (including phenoxy) is 1. The molecule has 0 unspecified atom stereocenters. The topological polar surface area (TPSA) is 52.8 Å². The van der Waals surface area contributed by atoms with Crippen molar-refractivity contribution in [2.24, 2.45) is 0 Å². The third kappa shape index (κ3) is 2.30. The van der Waals surface area contributed by atoms with Crippen molar-refractivity contribution >= 4 is 15.9 Å². The maximum atomic E-state index is 5.37. The minimum Gasteiger partial charge on any atom is -0.496 e. The molecule has 2 heterocycles. The van der Waals surface area contributed by atoms with Gasteiger partial charge in [-0.25, -0.2) is 9.97 Å². The summed E-state index contributed by atoms with van der Waals surface area (Å²) in [6.45, 7) is 0. The third-order valence-electron chi connectivity index (χ3n) is 2.82. The monoisotopic (exact) mass is 330 g/mol. The summed E-state index contributed by atoms with van der Waals surface area (Å²) in [5.74, 6) is 2.14. The van der Waals surface area contributed by atoms with Crippen molar-refractivity contribution in [3.63, 3.8) is 0 Å². The predicted octanol–water partition coefficient (Wildman–Crippen LogP) is 3.10. The van der Waals surface area contributed by atoms with Crippen molar-refractivity contribution < 1.29 is 4.74 Å². The van der Waals surface area contributed by atoms with E-state index < -0.39 is 0 Å². The van der Waals surface area contributed by atoms with Crippen LogP contribution < -0.4 is 4.74 Å². The minimum absolute atomic E-state index is 0.692. The molecule has 0 atom stereocenters. The Balaban J connectivity index is 2.13. The van der Waals surface area contributed by atoms with Gasteiger partial charge in [0.1, 0.15) is 12.1 Å². The highest BCUT2D eigenvalue weighted by Crippen LogP contribution is 2.28. The van der Waals surface area contributed by atoms with Crippen LogP contribution in [0.25, 0.3) is 17.2 Å². The lowest BCUT2D eigenvalue weighted by molar-refractivity contribution is 0.416. The number of methoxy groups -OCH3 is 1. The average molecular weight is 331 g/mol. The molecule has 0 aliphatic heterocycles. The van der Waals surface area contributed by atoms with Gasteiger partial charge in [-0.15, -0.1) is 0 Å². The van der Waals surface area contributed by atoms with Gasteiger partial charge in [-0.2, -0.15) is 9.78 Å². The van der Waals surface area contributed by atoms with Gasteiger partial charge < -0.3 is 4.74 Å². The van der Waals surface area contributed by atoms with Gasteiger partial charge in [-0.3, -0.25) is 0 Å². The fraction of sp³-hybridized carbons (Fsp3) is 0.0714. The lowest BCUT2D eigenvalue weighted by Crippen LogP contribution is -2.02. The molecule has 0 aliphatic rings. The highest BCUT2D eigenvalue weighted by atomic mass is 79.9. The average Bonchev–Trinajstić information content (AvgIpc) is 2.97. The fourth-order valence-corrected chi connectivity index (χ4v) is 2.15. The molecule has 0 aliphatic carbocycles. The number of aromatic nitrogens is 4. The summed E-state index contributed by atoms with van der Waals surface area (Å²) in [6.07, 6.45) is 3.23. The molecule has 0 radical (unpaired) electrons. The molecule has 0 spiro atoms. The zero-order valence-corrected chi connectivity index (χ0v) is 12.3. The second-order valence-corrected chi connectivity index (χ2v) is 4.95. The number of hydrogen-bond acceptors (Lipinski definition) is 4. The Bertz CT molecular complexity index is 724. The maximum absolute atomic E-state index is 5.37. The van der Waals surface area contributed by atoms with Gasteiger partial charge in [0.05, 0.1) is 12.7 Å². The molecule has 2 aromatic heterocycles. The number of hydrogen-bond donors (Lipinski definition) is 0. The first-order chi connectivity index (χ1) is 9.79. The van der Waals surface area contributed by atoms with E-state index in [0.29, 0.717) is 11.6 Å². The molecular weight excluding hydrogens is 320 g/mol. The summed E-state index contributed by atoms with van der Waals surface area (Å²) in [4.78, 5) is 8.65. The van der Waals surface area contributed by atoms with Crippen LogP contribution >= 0.6 is 15.9 Å². The Labute approximate surface area is 124 Å². The molecule has 0 saturated carbocycles. The van der Waals surface area contributed by atoms with Crippen molar-refractivity contribution in [1.29, 1.82) is 0 Å². The lowest BCUT2D eigenvalue weighted by Gasteiger charge is -2.09. The Kier molecular flexibility index (Phi) is 3.47. The second kappa shape index (κ2) is 5.42. The Morgan fingerprint density at radius 3 is 2.70 bits per heavy atom. The van der Waals surface area contributed by atoms with Crippen LogP contribution in [0.4, 0.5) is 0 Å². The number of para-hydroxylation sites is 1. The molecule has 0 saturated heterocycles. The van der Waals surface area contributed by atoms with Crippen molar-refractivity contribution in [3.8, 4) is 23.0 Å². The summed E-state index contributed by atoms with van der Waals surface area (Å²) >= 11 is 3.37. The molecule has 0 fully saturated rings. The first-order valence-corrected chi connectivity index (χ1v) is 6.74. The van der Waals surface area contributed by atoms with Crippen LogP contribution in [0.1, 0.15) is 0 Å². The van der Waals surface area contributed by atoms with E-state index in [1.807, 2.05) is 36.4 Å². The normalized spacial score (nSPS) is 10.5. The summed E-state index contributed by atoms with van der Waals surface area (Å²) in [7, 11) is 1.64. The van der Waals surface area contributed by atoms with E-state index in [-0.39, 0.29) is 0 Å². The van der Waals surface area contributed by atoms with Gasteiger partial charge in [-0.05, 0) is 40.2 Å². The van der Waals surface area contributed by atoms with Crippen LogP contribution in [0.3, 0.4) is 0 Å². The molecule has 3 rings (SSSR count). The molecule has 20 heavy (non-hydrogen) atoms. The summed E-state index contributed by atoms with van der Waals surface area (Å²) < 4.78 is 7.97.